The first kappa shape index (κ1) is 14.8. The average molecular weight is 309 g/mol. The van der Waals surface area contributed by atoms with Gasteiger partial charge in [0.15, 0.2) is 10.1 Å². The molecule has 0 saturated heterocycles. The molecule has 1 N–H and O–H groups in total. The molecule has 2 aliphatic rings. The summed E-state index contributed by atoms with van der Waals surface area (Å²) in [7, 11) is 3.52. The maximum absolute atomic E-state index is 12.5. The molecule has 1 aromatic rings. The zero-order chi connectivity index (χ0) is 15.0. The van der Waals surface area contributed by atoms with E-state index >= 15 is 0 Å². The van der Waals surface area contributed by atoms with Crippen LogP contribution in [0.1, 0.15) is 54.2 Å². The summed E-state index contributed by atoms with van der Waals surface area (Å²) in [6.45, 7) is 0. The van der Waals surface area contributed by atoms with E-state index in [1.54, 1.807) is 7.05 Å². The molecule has 0 aliphatic heterocycles. The molecule has 3 rings (SSSR count). The van der Waals surface area contributed by atoms with Gasteiger partial charge in [0, 0.05) is 19.9 Å². The molecular formula is C16H25N2O2S+. The Bertz CT molecular complexity index is 602. The van der Waals surface area contributed by atoms with E-state index in [9.17, 15) is 9.59 Å². The number of hydrogen-bond donors (Lipinski definition) is 1. The van der Waals surface area contributed by atoms with Gasteiger partial charge in [-0.3, -0.25) is 9.59 Å². The van der Waals surface area contributed by atoms with E-state index in [1.807, 2.05) is 11.0 Å². The average Bonchev–Trinajstić information content (AvgIpc) is 2.78. The van der Waals surface area contributed by atoms with Gasteiger partial charge in [-0.15, -0.1) is 3.96 Å². The lowest BCUT2D eigenvalue weighted by Crippen LogP contribution is -2.33. The standard InChI is InChI=1S/C16H24N2O2S/c1-17-15(19)11-7-3-5-9-13(11)21-14-10-6-4-8-12(14)16(20)18(21)2/h11,13H,3-10H2,1-2H3/p+1. The molecule has 1 fully saturated rings. The summed E-state index contributed by atoms with van der Waals surface area (Å²) in [4.78, 5) is 26.2. The van der Waals surface area contributed by atoms with Gasteiger partial charge in [-0.25, -0.2) is 0 Å². The number of nitrogens with one attached hydrogen (secondary N) is 1. The zero-order valence-corrected chi connectivity index (χ0v) is 13.8. The fourth-order valence-corrected chi connectivity index (χ4v) is 7.16. The smallest absolute Gasteiger partial charge is 0.299 e. The Morgan fingerprint density at radius 3 is 2.67 bits per heavy atom. The zero-order valence-electron chi connectivity index (χ0n) is 13.0. The fraction of sp³-hybridized carbons (Fsp3) is 0.750. The van der Waals surface area contributed by atoms with Gasteiger partial charge in [0.2, 0.25) is 5.91 Å². The monoisotopic (exact) mass is 309 g/mol. The summed E-state index contributed by atoms with van der Waals surface area (Å²) in [5.74, 6) is 0.244. The van der Waals surface area contributed by atoms with E-state index < -0.39 is 0 Å². The quantitative estimate of drug-likeness (QED) is 0.853. The van der Waals surface area contributed by atoms with Crippen LogP contribution in [0.15, 0.2) is 4.79 Å². The Labute approximate surface area is 128 Å². The van der Waals surface area contributed by atoms with E-state index in [4.69, 9.17) is 0 Å². The van der Waals surface area contributed by atoms with Crippen LogP contribution >= 0.6 is 10.7 Å². The van der Waals surface area contributed by atoms with Crippen molar-refractivity contribution in [2.45, 2.75) is 56.6 Å². The van der Waals surface area contributed by atoms with Crippen molar-refractivity contribution in [3.05, 3.63) is 20.8 Å². The van der Waals surface area contributed by atoms with Crippen LogP contribution in [0.2, 0.25) is 0 Å². The van der Waals surface area contributed by atoms with Gasteiger partial charge in [0.05, 0.1) is 29.2 Å². The molecule has 4 nitrogen and oxygen atoms in total. The van der Waals surface area contributed by atoms with Gasteiger partial charge in [-0.2, -0.15) is 0 Å². The summed E-state index contributed by atoms with van der Waals surface area (Å²) < 4.78 is 1.96. The molecule has 5 heteroatoms. The number of carbonyl (C=O) groups excluding carboxylic acids is 1. The van der Waals surface area contributed by atoms with Crippen molar-refractivity contribution in [2.75, 3.05) is 7.05 Å². The minimum absolute atomic E-state index is 0.0797. The number of aromatic nitrogens is 1. The van der Waals surface area contributed by atoms with Gasteiger partial charge in [-0.1, -0.05) is 6.42 Å². The number of fused-ring (bicyclic) bond motifs is 1. The number of amides is 1. The molecule has 1 amide bonds. The van der Waals surface area contributed by atoms with Crippen LogP contribution in [-0.4, -0.2) is 16.9 Å². The van der Waals surface area contributed by atoms with Gasteiger partial charge < -0.3 is 5.32 Å². The van der Waals surface area contributed by atoms with Crippen molar-refractivity contribution < 1.29 is 4.79 Å². The lowest BCUT2D eigenvalue weighted by Gasteiger charge is -2.25. The molecule has 0 aromatic carbocycles. The molecular weight excluding hydrogens is 284 g/mol. The summed E-state index contributed by atoms with van der Waals surface area (Å²) in [5.41, 5.74) is 1.31. The van der Waals surface area contributed by atoms with Crippen molar-refractivity contribution in [3.8, 4) is 0 Å². The number of rotatable bonds is 2. The highest BCUT2D eigenvalue weighted by Gasteiger charge is 2.43. The molecule has 0 bridgehead atoms. The van der Waals surface area contributed by atoms with E-state index in [0.29, 0.717) is 5.25 Å². The van der Waals surface area contributed by atoms with Gasteiger partial charge in [0.1, 0.15) is 0 Å². The third kappa shape index (κ3) is 2.45. The summed E-state index contributed by atoms with van der Waals surface area (Å²) in [6.07, 6.45) is 8.71. The molecule has 3 atom stereocenters. The molecule has 1 aromatic heterocycles. The van der Waals surface area contributed by atoms with Crippen LogP contribution in [-0.2, 0) is 24.7 Å². The highest BCUT2D eigenvalue weighted by molar-refractivity contribution is 7.27. The Balaban J connectivity index is 2.06. The predicted octanol–water partition coefficient (Wildman–Crippen LogP) is 2.49. The molecule has 1 saturated carbocycles. The van der Waals surface area contributed by atoms with Crippen molar-refractivity contribution in [1.82, 2.24) is 9.27 Å². The topological polar surface area (TPSA) is 51.1 Å². The lowest BCUT2D eigenvalue weighted by atomic mass is 9.88. The fourth-order valence-electron chi connectivity index (χ4n) is 4.01. The highest BCUT2D eigenvalue weighted by Crippen LogP contribution is 2.48. The Hall–Kier alpha value is -1.10. The Morgan fingerprint density at radius 1 is 1.19 bits per heavy atom. The minimum Gasteiger partial charge on any atom is -0.359 e. The predicted molar refractivity (Wildman–Crippen MR) is 85.9 cm³/mol. The van der Waals surface area contributed by atoms with Crippen molar-refractivity contribution in [3.63, 3.8) is 0 Å². The van der Waals surface area contributed by atoms with E-state index in [2.05, 4.69) is 5.32 Å². The van der Waals surface area contributed by atoms with Crippen molar-refractivity contribution in [2.24, 2.45) is 13.0 Å². The first-order chi connectivity index (χ1) is 10.1. The van der Waals surface area contributed by atoms with Crippen molar-refractivity contribution >= 4 is 16.6 Å². The largest absolute Gasteiger partial charge is 0.359 e. The van der Waals surface area contributed by atoms with Crippen LogP contribution in [0.4, 0.5) is 0 Å². The molecule has 2 aliphatic carbocycles. The van der Waals surface area contributed by atoms with Gasteiger partial charge >= 0.3 is 0 Å². The van der Waals surface area contributed by atoms with E-state index in [1.165, 1.54) is 17.7 Å². The number of carbonyl (C=O) groups is 1. The normalized spacial score (nSPS) is 26.3. The maximum Gasteiger partial charge on any atom is 0.299 e. The summed E-state index contributed by atoms with van der Waals surface area (Å²) in [6, 6.07) is 0. The second-order valence-electron chi connectivity index (χ2n) is 6.27. The third-order valence-corrected chi connectivity index (χ3v) is 7.93. The van der Waals surface area contributed by atoms with Crippen LogP contribution in [0.3, 0.4) is 0 Å². The second-order valence-corrected chi connectivity index (χ2v) is 8.54. The number of hydrogen-bond acceptors (Lipinski definition) is 2. The molecule has 3 unspecified atom stereocenters. The third-order valence-electron chi connectivity index (χ3n) is 5.08. The summed E-state index contributed by atoms with van der Waals surface area (Å²) >= 11 is 0. The molecule has 0 spiro atoms. The highest BCUT2D eigenvalue weighted by atomic mass is 32.2. The van der Waals surface area contributed by atoms with Gasteiger partial charge in [-0.05, 0) is 32.1 Å². The summed E-state index contributed by atoms with van der Waals surface area (Å²) in [5, 5.41) is 3.16. The van der Waals surface area contributed by atoms with E-state index in [0.717, 1.165) is 44.1 Å². The van der Waals surface area contributed by atoms with Crippen molar-refractivity contribution in [1.29, 1.82) is 0 Å². The van der Waals surface area contributed by atoms with Gasteiger partial charge in [0.25, 0.3) is 5.56 Å². The Morgan fingerprint density at radius 2 is 1.90 bits per heavy atom. The molecule has 21 heavy (non-hydrogen) atoms. The Kier molecular flexibility index (Phi) is 4.20. The van der Waals surface area contributed by atoms with Crippen LogP contribution < -0.4 is 10.9 Å². The maximum atomic E-state index is 12.5. The van der Waals surface area contributed by atoms with Crippen LogP contribution in [0.25, 0.3) is 0 Å². The lowest BCUT2D eigenvalue weighted by molar-refractivity contribution is -0.125. The first-order valence-corrected chi connectivity index (χ1v) is 9.34. The van der Waals surface area contributed by atoms with Crippen LogP contribution in [0.5, 0.6) is 0 Å². The molecule has 116 valence electrons. The van der Waals surface area contributed by atoms with E-state index in [-0.39, 0.29) is 28.0 Å². The SMILES string of the molecule is CNC(=O)C1CCCCC1[s+]1c2c(c(=O)n1C)CCCC2. The first-order valence-electron chi connectivity index (χ1n) is 8.10. The molecule has 1 heterocycles. The molecule has 0 radical (unpaired) electrons. The second kappa shape index (κ2) is 5.95. The number of nitrogens with zero attached hydrogens (tertiary/aromatic N) is 1. The van der Waals surface area contributed by atoms with Crippen LogP contribution in [0, 0.1) is 5.92 Å². The minimum atomic E-state index is -0.155.